The monoisotopic (exact) mass is 282 g/mol. The van der Waals surface area contributed by atoms with Crippen molar-refractivity contribution >= 4 is 28.6 Å². The second-order valence-corrected chi connectivity index (χ2v) is 3.62. The van der Waals surface area contributed by atoms with Crippen LogP contribution in [0.3, 0.4) is 0 Å². The van der Waals surface area contributed by atoms with Crippen molar-refractivity contribution in [1.82, 2.24) is 0 Å². The van der Waals surface area contributed by atoms with Gasteiger partial charge in [0.25, 0.3) is 0 Å². The fraction of sp³-hybridized carbons (Fsp3) is 0.0769. The maximum atomic E-state index is 6.33. The molecule has 0 radical (unpaired) electrons. The van der Waals surface area contributed by atoms with Crippen molar-refractivity contribution in [3.8, 4) is 0 Å². The molecule has 0 bridgehead atoms. The van der Waals surface area contributed by atoms with Gasteiger partial charge in [-0.1, -0.05) is 60.7 Å². The normalized spacial score (nSPS) is 9.73. The average molecular weight is 284 g/mol. The molecule has 2 rings (SSSR count). The van der Waals surface area contributed by atoms with E-state index in [1.807, 2.05) is 60.7 Å². The average Bonchev–Trinajstić information content (AvgIpc) is 2.30. The summed E-state index contributed by atoms with van der Waals surface area (Å²) in [5, 5.41) is -0.0441. The van der Waals surface area contributed by atoms with E-state index in [0.29, 0.717) is 0 Å². The van der Waals surface area contributed by atoms with Crippen LogP contribution in [0.1, 0.15) is 16.5 Å². The topological polar surface area (TPSA) is 0 Å². The minimum Gasteiger partial charge on any atom is -0.114 e. The molecule has 15 heavy (non-hydrogen) atoms. The van der Waals surface area contributed by atoms with Crippen LogP contribution in [0.2, 0.25) is 0 Å². The molecule has 0 N–H and O–H groups in total. The Kier molecular flexibility index (Phi) is 4.86. The summed E-state index contributed by atoms with van der Waals surface area (Å²) in [6.07, 6.45) is 0. The minimum absolute atomic E-state index is 0. The summed E-state index contributed by atoms with van der Waals surface area (Å²) in [7, 11) is 0. The van der Waals surface area contributed by atoms with E-state index in [4.69, 9.17) is 11.6 Å². The summed E-state index contributed by atoms with van der Waals surface area (Å²) in [5.41, 5.74) is 2.28. The minimum atomic E-state index is -0.0441. The lowest BCUT2D eigenvalue weighted by molar-refractivity contribution is 1.14. The molecular weight excluding hydrogens is 272 g/mol. The lowest BCUT2D eigenvalue weighted by Crippen LogP contribution is -1.91. The quantitative estimate of drug-likeness (QED) is 0.707. The number of rotatable bonds is 2. The lowest BCUT2D eigenvalue weighted by Gasteiger charge is -2.09. The molecule has 0 aliphatic carbocycles. The van der Waals surface area contributed by atoms with Crippen molar-refractivity contribution in [1.29, 1.82) is 0 Å². The van der Waals surface area contributed by atoms with Gasteiger partial charge in [0.1, 0.15) is 0 Å². The summed E-state index contributed by atoms with van der Waals surface area (Å²) in [4.78, 5) is 0. The number of hydrogen-bond donors (Lipinski definition) is 0. The number of alkyl halides is 1. The van der Waals surface area contributed by atoms with Crippen LogP contribution in [0, 0.1) is 0 Å². The highest BCUT2D eigenvalue weighted by Crippen LogP contribution is 2.27. The Hall–Kier alpha value is -0.790. The maximum Gasteiger partial charge on any atom is 0.0835 e. The summed E-state index contributed by atoms with van der Waals surface area (Å²) in [5.74, 6) is 0. The maximum absolute atomic E-state index is 6.33. The third-order valence-corrected chi connectivity index (χ3v) is 2.69. The van der Waals surface area contributed by atoms with Crippen molar-refractivity contribution in [3.05, 3.63) is 71.8 Å². The summed E-state index contributed by atoms with van der Waals surface area (Å²) >= 11 is 6.33. The van der Waals surface area contributed by atoms with Crippen LogP contribution in [0.15, 0.2) is 60.7 Å². The summed E-state index contributed by atoms with van der Waals surface area (Å²) in [6.45, 7) is 0. The molecule has 0 aliphatic rings. The van der Waals surface area contributed by atoms with Crippen molar-refractivity contribution in [2.45, 2.75) is 5.38 Å². The van der Waals surface area contributed by atoms with Gasteiger partial charge in [-0.25, -0.2) is 0 Å². The zero-order chi connectivity index (χ0) is 9.80. The fourth-order valence-electron chi connectivity index (χ4n) is 1.44. The molecule has 78 valence electrons. The van der Waals surface area contributed by atoms with Gasteiger partial charge < -0.3 is 0 Å². The third kappa shape index (κ3) is 3.08. The summed E-state index contributed by atoms with van der Waals surface area (Å²) in [6, 6.07) is 20.2. The van der Waals surface area contributed by atoms with E-state index in [1.54, 1.807) is 0 Å². The van der Waals surface area contributed by atoms with Gasteiger partial charge >= 0.3 is 0 Å². The highest BCUT2D eigenvalue weighted by Gasteiger charge is 2.08. The van der Waals surface area contributed by atoms with Crippen LogP contribution in [0.25, 0.3) is 0 Å². The molecule has 2 aromatic rings. The molecule has 0 aromatic heterocycles. The SMILES string of the molecule is Br.ClC(c1ccccc1)c1ccccc1. The Morgan fingerprint density at radius 3 is 1.33 bits per heavy atom. The predicted octanol–water partition coefficient (Wildman–Crippen LogP) is 4.59. The zero-order valence-electron chi connectivity index (χ0n) is 8.14. The van der Waals surface area contributed by atoms with E-state index in [9.17, 15) is 0 Å². The lowest BCUT2D eigenvalue weighted by atomic mass is 10.0. The van der Waals surface area contributed by atoms with Gasteiger partial charge in [0, 0.05) is 0 Å². The molecule has 0 atom stereocenters. The molecular formula is C13H12BrCl. The standard InChI is InChI=1S/C13H11Cl.BrH/c14-13(11-7-3-1-4-8-11)12-9-5-2-6-10-12;/h1-10,13H;1H. The molecule has 0 amide bonds. The van der Waals surface area contributed by atoms with Gasteiger partial charge in [0.05, 0.1) is 5.38 Å². The first-order chi connectivity index (χ1) is 6.88. The van der Waals surface area contributed by atoms with E-state index >= 15 is 0 Å². The Bertz CT molecular complexity index is 346. The second kappa shape index (κ2) is 5.94. The molecule has 0 fully saturated rings. The highest BCUT2D eigenvalue weighted by molar-refractivity contribution is 8.93. The first-order valence-electron chi connectivity index (χ1n) is 4.62. The molecule has 2 heteroatoms. The molecule has 0 heterocycles. The Labute approximate surface area is 106 Å². The summed E-state index contributed by atoms with van der Waals surface area (Å²) < 4.78 is 0. The van der Waals surface area contributed by atoms with Crippen LogP contribution < -0.4 is 0 Å². The zero-order valence-corrected chi connectivity index (χ0v) is 10.6. The highest BCUT2D eigenvalue weighted by atomic mass is 79.9. The largest absolute Gasteiger partial charge is 0.114 e. The molecule has 0 aliphatic heterocycles. The number of hydrogen-bond acceptors (Lipinski definition) is 0. The fourth-order valence-corrected chi connectivity index (χ4v) is 1.73. The Balaban J connectivity index is 0.00000112. The van der Waals surface area contributed by atoms with E-state index in [2.05, 4.69) is 0 Å². The Morgan fingerprint density at radius 2 is 1.00 bits per heavy atom. The molecule has 0 unspecified atom stereocenters. The third-order valence-electron chi connectivity index (χ3n) is 2.18. The van der Waals surface area contributed by atoms with Gasteiger partial charge in [-0.05, 0) is 11.1 Å². The molecule has 2 aromatic carbocycles. The Morgan fingerprint density at radius 1 is 0.667 bits per heavy atom. The van der Waals surface area contributed by atoms with E-state index in [1.165, 1.54) is 0 Å². The molecule has 0 nitrogen and oxygen atoms in total. The van der Waals surface area contributed by atoms with Crippen molar-refractivity contribution < 1.29 is 0 Å². The van der Waals surface area contributed by atoms with Crippen molar-refractivity contribution in [3.63, 3.8) is 0 Å². The van der Waals surface area contributed by atoms with Crippen LogP contribution in [-0.2, 0) is 0 Å². The molecule has 0 saturated carbocycles. The van der Waals surface area contributed by atoms with Gasteiger partial charge in [0.2, 0.25) is 0 Å². The molecule has 0 spiro atoms. The van der Waals surface area contributed by atoms with Crippen LogP contribution >= 0.6 is 28.6 Å². The van der Waals surface area contributed by atoms with Gasteiger partial charge in [-0.3, -0.25) is 0 Å². The predicted molar refractivity (Wildman–Crippen MR) is 70.9 cm³/mol. The van der Waals surface area contributed by atoms with E-state index in [-0.39, 0.29) is 22.4 Å². The van der Waals surface area contributed by atoms with E-state index in [0.717, 1.165) is 11.1 Å². The van der Waals surface area contributed by atoms with Crippen LogP contribution in [-0.4, -0.2) is 0 Å². The van der Waals surface area contributed by atoms with Crippen molar-refractivity contribution in [2.24, 2.45) is 0 Å². The van der Waals surface area contributed by atoms with Crippen LogP contribution in [0.4, 0.5) is 0 Å². The number of benzene rings is 2. The van der Waals surface area contributed by atoms with Gasteiger partial charge in [0.15, 0.2) is 0 Å². The van der Waals surface area contributed by atoms with Gasteiger partial charge in [-0.2, -0.15) is 0 Å². The first-order valence-corrected chi connectivity index (χ1v) is 5.05. The van der Waals surface area contributed by atoms with Gasteiger partial charge in [-0.15, -0.1) is 28.6 Å². The molecule has 0 saturated heterocycles. The second-order valence-electron chi connectivity index (χ2n) is 3.18. The van der Waals surface area contributed by atoms with Crippen molar-refractivity contribution in [2.75, 3.05) is 0 Å². The van der Waals surface area contributed by atoms with E-state index < -0.39 is 0 Å². The first kappa shape index (κ1) is 12.3. The smallest absolute Gasteiger partial charge is 0.0835 e. The van der Waals surface area contributed by atoms with Crippen LogP contribution in [0.5, 0.6) is 0 Å². The number of halogens is 2.